The molecule has 7 nitrogen and oxygen atoms in total. The minimum Gasteiger partial charge on any atom is -0.481 e. The summed E-state index contributed by atoms with van der Waals surface area (Å²) < 4.78 is 5.65. The molecule has 0 aromatic heterocycles. The molecule has 1 saturated carbocycles. The lowest BCUT2D eigenvalue weighted by Gasteiger charge is -2.38. The summed E-state index contributed by atoms with van der Waals surface area (Å²) in [6.07, 6.45) is 8.92. The Morgan fingerprint density at radius 1 is 1.28 bits per heavy atom. The van der Waals surface area contributed by atoms with Crippen molar-refractivity contribution < 1.29 is 19.4 Å². The highest BCUT2D eigenvalue weighted by Gasteiger charge is 2.71. The van der Waals surface area contributed by atoms with Gasteiger partial charge in [0.1, 0.15) is 24.5 Å². The maximum atomic E-state index is 13.1. The van der Waals surface area contributed by atoms with Crippen molar-refractivity contribution in [3.05, 3.63) is 65.9 Å². The van der Waals surface area contributed by atoms with Gasteiger partial charge in [0.15, 0.2) is 0 Å². The Morgan fingerprint density at radius 2 is 2.16 bits per heavy atom. The number of benzene rings is 1. The van der Waals surface area contributed by atoms with Crippen LogP contribution in [-0.2, 0) is 11.3 Å². The lowest BCUT2D eigenvalue weighted by atomic mass is 9.76. The van der Waals surface area contributed by atoms with Gasteiger partial charge in [0.05, 0.1) is 12.2 Å². The topological polar surface area (TPSA) is 90.9 Å². The van der Waals surface area contributed by atoms with Crippen LogP contribution in [0.2, 0.25) is 0 Å². The summed E-state index contributed by atoms with van der Waals surface area (Å²) in [6, 6.07) is 5.27. The molecule has 1 aromatic rings. The number of hydrogen-bond donors (Lipinski definition) is 3. The number of nitrogens with zero attached hydrogens (tertiary/aromatic N) is 1. The van der Waals surface area contributed by atoms with Crippen molar-refractivity contribution >= 4 is 17.6 Å². The third kappa shape index (κ3) is 2.96. The van der Waals surface area contributed by atoms with Gasteiger partial charge in [0.2, 0.25) is 0 Å². The van der Waals surface area contributed by atoms with E-state index in [0.29, 0.717) is 18.8 Å². The zero-order valence-electron chi connectivity index (χ0n) is 17.5. The molecule has 0 spiro atoms. The lowest BCUT2D eigenvalue weighted by Crippen LogP contribution is -2.60. The van der Waals surface area contributed by atoms with Crippen LogP contribution in [0.4, 0.5) is 4.79 Å². The van der Waals surface area contributed by atoms with Crippen LogP contribution < -0.4 is 15.4 Å². The zero-order valence-corrected chi connectivity index (χ0v) is 17.5. The summed E-state index contributed by atoms with van der Waals surface area (Å²) in [5, 5.41) is 14.2. The molecule has 1 saturated heterocycles. The van der Waals surface area contributed by atoms with Crippen LogP contribution in [0, 0.1) is 23.2 Å². The van der Waals surface area contributed by atoms with Gasteiger partial charge in [-0.25, -0.2) is 4.79 Å². The van der Waals surface area contributed by atoms with Gasteiger partial charge < -0.3 is 20.1 Å². The fourth-order valence-electron chi connectivity index (χ4n) is 5.20. The minimum absolute atomic E-state index is 0.187. The standard InChI is InChI=1S/C25H23N3O4/c1-2-21-20-9-8-19(32-12-6-5-11-29)13-17(20)15-28(21)16-25(22(30)26-23(31)27-25)24-10-4-3-7-18(24)14-24/h3-4,7-10,13,18,29H,1,11-12,14-16H2,(H2,26,27,30,31)/t18?,24?,25-/m1/s1. The molecule has 2 aliphatic heterocycles. The molecule has 3 amide bonds. The zero-order chi connectivity index (χ0) is 22.3. The summed E-state index contributed by atoms with van der Waals surface area (Å²) in [6.45, 7) is 4.70. The van der Waals surface area contributed by atoms with Gasteiger partial charge in [-0.2, -0.15) is 0 Å². The van der Waals surface area contributed by atoms with E-state index in [1.165, 1.54) is 0 Å². The number of rotatable bonds is 5. The summed E-state index contributed by atoms with van der Waals surface area (Å²) in [5.41, 5.74) is 4.31. The maximum absolute atomic E-state index is 13.1. The van der Waals surface area contributed by atoms with Crippen molar-refractivity contribution in [3.63, 3.8) is 0 Å². The number of aliphatic hydroxyl groups excluding tert-OH is 1. The Hall–Kier alpha value is -3.72. The molecular formula is C25H23N3O4. The van der Waals surface area contributed by atoms with E-state index >= 15 is 0 Å². The Morgan fingerprint density at radius 3 is 2.88 bits per heavy atom. The molecule has 32 heavy (non-hydrogen) atoms. The van der Waals surface area contributed by atoms with E-state index in [-0.39, 0.29) is 25.0 Å². The van der Waals surface area contributed by atoms with Crippen LogP contribution in [0.5, 0.6) is 5.75 Å². The van der Waals surface area contributed by atoms with Crippen LogP contribution in [0.1, 0.15) is 17.5 Å². The van der Waals surface area contributed by atoms with Crippen LogP contribution in [-0.4, -0.2) is 47.2 Å². The molecule has 0 radical (unpaired) electrons. The van der Waals surface area contributed by atoms with E-state index in [1.54, 1.807) is 0 Å². The van der Waals surface area contributed by atoms with E-state index in [9.17, 15) is 9.59 Å². The number of hydrogen-bond acceptors (Lipinski definition) is 5. The molecule has 5 rings (SSSR count). The molecule has 1 aromatic carbocycles. The number of aliphatic hydroxyl groups is 1. The molecule has 2 heterocycles. The van der Waals surface area contributed by atoms with Crippen LogP contribution >= 0.6 is 0 Å². The van der Waals surface area contributed by atoms with Crippen molar-refractivity contribution in [3.8, 4) is 17.6 Å². The van der Waals surface area contributed by atoms with Gasteiger partial charge in [-0.1, -0.05) is 42.7 Å². The van der Waals surface area contributed by atoms with Gasteiger partial charge in [0.25, 0.3) is 5.91 Å². The molecule has 2 aliphatic carbocycles. The normalized spacial score (nSPS) is 28.8. The quantitative estimate of drug-likeness (QED) is 0.377. The van der Waals surface area contributed by atoms with E-state index in [1.807, 2.05) is 30.4 Å². The van der Waals surface area contributed by atoms with Gasteiger partial charge in [-0.15, -0.1) is 5.73 Å². The number of carbonyl (C=O) groups is 2. The Kier molecular flexibility index (Phi) is 4.70. The molecule has 2 fully saturated rings. The first kappa shape index (κ1) is 20.2. The van der Waals surface area contributed by atoms with Gasteiger partial charge >= 0.3 is 6.03 Å². The van der Waals surface area contributed by atoms with Crippen LogP contribution in [0.25, 0.3) is 5.70 Å². The average molecular weight is 429 g/mol. The SMILES string of the molecule is C=C=C1c2ccc(OCC#CCO)cc2CN1C[C@@]1(C23C=CC=CC2C3)NC(=O)NC1=O. The minimum atomic E-state index is -1.07. The lowest BCUT2D eigenvalue weighted by molar-refractivity contribution is -0.126. The predicted molar refractivity (Wildman–Crippen MR) is 118 cm³/mol. The highest BCUT2D eigenvalue weighted by Crippen LogP contribution is 2.63. The third-order valence-electron chi connectivity index (χ3n) is 6.76. The van der Waals surface area contributed by atoms with Gasteiger partial charge in [0, 0.05) is 17.5 Å². The number of allylic oxidation sites excluding steroid dienone is 3. The molecule has 3 atom stereocenters. The molecule has 3 N–H and O–H groups in total. The number of nitrogens with one attached hydrogen (secondary N) is 2. The number of urea groups is 1. The first-order valence-corrected chi connectivity index (χ1v) is 10.5. The van der Waals surface area contributed by atoms with E-state index in [2.05, 4.69) is 51.8 Å². The number of ether oxygens (including phenoxy) is 1. The Labute approximate surface area is 186 Å². The summed E-state index contributed by atoms with van der Waals surface area (Å²) in [7, 11) is 0. The first-order valence-electron chi connectivity index (χ1n) is 10.5. The van der Waals surface area contributed by atoms with E-state index < -0.39 is 17.0 Å². The van der Waals surface area contributed by atoms with Crippen LogP contribution in [0.15, 0.2) is 54.8 Å². The largest absolute Gasteiger partial charge is 0.481 e. The van der Waals surface area contributed by atoms with Crippen molar-refractivity contribution in [1.82, 2.24) is 15.5 Å². The van der Waals surface area contributed by atoms with Crippen molar-refractivity contribution in [1.29, 1.82) is 0 Å². The van der Waals surface area contributed by atoms with E-state index in [0.717, 1.165) is 23.2 Å². The molecule has 162 valence electrons. The van der Waals surface area contributed by atoms with Crippen molar-refractivity contribution in [2.45, 2.75) is 18.5 Å². The fraction of sp³-hybridized carbons (Fsp3) is 0.320. The second-order valence-corrected chi connectivity index (χ2v) is 8.41. The fourth-order valence-corrected chi connectivity index (χ4v) is 5.20. The summed E-state index contributed by atoms with van der Waals surface area (Å²) in [4.78, 5) is 27.4. The maximum Gasteiger partial charge on any atom is 0.322 e. The highest BCUT2D eigenvalue weighted by atomic mass is 16.5. The predicted octanol–water partition coefficient (Wildman–Crippen LogP) is 1.71. The summed E-state index contributed by atoms with van der Waals surface area (Å²) >= 11 is 0. The second kappa shape index (κ2) is 7.45. The number of imide groups is 1. The molecule has 0 bridgehead atoms. The van der Waals surface area contributed by atoms with Crippen molar-refractivity contribution in [2.24, 2.45) is 11.3 Å². The second-order valence-electron chi connectivity index (χ2n) is 8.41. The molecule has 7 heteroatoms. The Bertz CT molecular complexity index is 1180. The number of carbonyl (C=O) groups excluding carboxylic acids is 2. The van der Waals surface area contributed by atoms with Crippen LogP contribution in [0.3, 0.4) is 0 Å². The number of amides is 3. The van der Waals surface area contributed by atoms with E-state index in [4.69, 9.17) is 9.84 Å². The van der Waals surface area contributed by atoms with Gasteiger partial charge in [-0.05, 0) is 36.1 Å². The van der Waals surface area contributed by atoms with Gasteiger partial charge in [-0.3, -0.25) is 10.1 Å². The smallest absolute Gasteiger partial charge is 0.322 e. The third-order valence-corrected chi connectivity index (χ3v) is 6.76. The number of fused-ring (bicyclic) bond motifs is 2. The highest BCUT2D eigenvalue weighted by molar-refractivity contribution is 6.08. The summed E-state index contributed by atoms with van der Waals surface area (Å²) in [5.74, 6) is 5.88. The Balaban J connectivity index is 1.43. The first-order chi connectivity index (χ1) is 15.5. The monoisotopic (exact) mass is 429 g/mol. The molecule has 2 unspecified atom stereocenters. The van der Waals surface area contributed by atoms with Crippen molar-refractivity contribution in [2.75, 3.05) is 19.8 Å². The molecular weight excluding hydrogens is 406 g/mol. The molecule has 4 aliphatic rings. The average Bonchev–Trinajstić information content (AvgIpc) is 3.35.